The van der Waals surface area contributed by atoms with E-state index in [-0.39, 0.29) is 33.1 Å². The van der Waals surface area contributed by atoms with Gasteiger partial charge in [-0.15, -0.1) is 11.8 Å². The van der Waals surface area contributed by atoms with Crippen LogP contribution in [0.4, 0.5) is 5.69 Å². The lowest BCUT2D eigenvalue weighted by molar-refractivity contribution is -0.386. The number of nitro groups is 1. The van der Waals surface area contributed by atoms with Gasteiger partial charge in [-0.05, 0) is 33.0 Å². The van der Waals surface area contributed by atoms with Gasteiger partial charge in [-0.2, -0.15) is 0 Å². The number of nitrogens with zero attached hydrogens (tertiary/aromatic N) is 2. The molecule has 1 saturated carbocycles. The summed E-state index contributed by atoms with van der Waals surface area (Å²) in [5.41, 5.74) is -2.72. The predicted molar refractivity (Wildman–Crippen MR) is 93.9 cm³/mol. The average Bonchev–Trinajstić information content (AvgIpc) is 2.90. The van der Waals surface area contributed by atoms with Gasteiger partial charge in [0.2, 0.25) is 0 Å². The molecule has 2 fully saturated rings. The number of ether oxygens (including phenoxy) is 1. The van der Waals surface area contributed by atoms with Gasteiger partial charge in [-0.25, -0.2) is 0 Å². The van der Waals surface area contributed by atoms with Gasteiger partial charge >= 0.3 is 0 Å². The highest BCUT2D eigenvalue weighted by atomic mass is 32.2. The second kappa shape index (κ2) is 7.35. The minimum atomic E-state index is -3.69. The van der Waals surface area contributed by atoms with Crippen molar-refractivity contribution in [1.82, 2.24) is 15.6 Å². The number of pyridine rings is 1. The Morgan fingerprint density at radius 3 is 3.00 bits per heavy atom. The molecule has 8 heteroatoms. The molecule has 1 aliphatic carbocycles. The first kappa shape index (κ1) is 7.99. The van der Waals surface area contributed by atoms with Gasteiger partial charge in [0.15, 0.2) is 0 Å². The molecule has 132 valence electrons. The Hall–Kier alpha value is -1.22. The Kier molecular flexibility index (Phi) is 2.45. The second-order valence-corrected chi connectivity index (χ2v) is 5.96. The van der Waals surface area contributed by atoms with Crippen molar-refractivity contribution in [1.29, 1.82) is 0 Å². The molecule has 1 aromatic heterocycles. The first-order valence-electron chi connectivity index (χ1n) is 12.9. The smallest absolute Gasteiger partial charge is 0.278 e. The lowest BCUT2D eigenvalue weighted by atomic mass is 9.89. The molecule has 2 N–H and O–H groups in total. The fraction of sp³-hybridized carbons (Fsp3) is 0.688. The SMILES string of the molecule is [2H]N1C([2H])(SCc2ncc(C)c([N+](=O)[O-])c2C)N([2H])C2([2H])C([2H])([2H])C([2H])(OC)C([2H])([2H])C([2H])([2H])C12[2H]. The number of aryl methyl sites for hydroxylation is 1. The zero-order valence-electron chi connectivity index (χ0n) is 25.2. The maximum atomic E-state index is 11.4. The lowest BCUT2D eigenvalue weighted by Crippen LogP contribution is -2.41. The molecule has 7 nitrogen and oxygen atoms in total. The molecule has 0 amide bonds. The zero-order chi connectivity index (χ0) is 28.1. The van der Waals surface area contributed by atoms with Crippen LogP contribution in [0, 0.1) is 24.0 Å². The van der Waals surface area contributed by atoms with Crippen LogP contribution in [0.2, 0.25) is 2.82 Å². The maximum Gasteiger partial charge on any atom is 0.278 e. The van der Waals surface area contributed by atoms with Gasteiger partial charge in [0.05, 0.1) is 19.4 Å². The summed E-state index contributed by atoms with van der Waals surface area (Å²) in [6.45, 7) is 2.86. The number of aromatic nitrogens is 1. The van der Waals surface area contributed by atoms with Gasteiger partial charge in [0.25, 0.3) is 5.69 Å². The maximum absolute atomic E-state index is 11.4. The number of thioether (sulfide) groups is 1. The molecule has 1 saturated heterocycles. The standard InChI is InChI=1S/C16H24N4O3S/c1-9-7-17-14(10(2)15(9)20(21)22)8-24-16-18-12-5-4-11(23-3)6-13(12)19-16/h7,11-13,16,18-19H,4-6,8H2,1-3H3/i4D2,5D2,6D2,11D,12D,13D,16D/hD2. The quantitative estimate of drug-likeness (QED) is 0.612. The molecule has 24 heavy (non-hydrogen) atoms. The van der Waals surface area contributed by atoms with Crippen molar-refractivity contribution in [2.75, 3.05) is 7.11 Å². The first-order valence-corrected chi connectivity index (χ1v) is 7.95. The van der Waals surface area contributed by atoms with Gasteiger partial charge in [0, 0.05) is 53.2 Å². The number of hydrogen-bond donors (Lipinski definition) is 2. The lowest BCUT2D eigenvalue weighted by Gasteiger charge is -2.30. The van der Waals surface area contributed by atoms with E-state index in [0.29, 0.717) is 11.8 Å². The normalized spacial score (nSPS) is 57.0. The molecular formula is C16H24N4O3S. The van der Waals surface area contributed by atoms with Crippen LogP contribution < -0.4 is 10.6 Å². The van der Waals surface area contributed by atoms with Crippen LogP contribution in [-0.4, -0.2) is 40.6 Å². The molecule has 0 aromatic carbocycles. The molecule has 2 aliphatic rings. The Balaban J connectivity index is 2.19. The Morgan fingerprint density at radius 2 is 2.29 bits per heavy atom. The fourth-order valence-electron chi connectivity index (χ4n) is 2.24. The summed E-state index contributed by atoms with van der Waals surface area (Å²) in [4.78, 5) is 14.9. The van der Waals surface area contributed by atoms with Crippen LogP contribution >= 0.6 is 11.8 Å². The van der Waals surface area contributed by atoms with E-state index in [9.17, 15) is 10.1 Å². The summed E-state index contributed by atoms with van der Waals surface area (Å²) in [7, 11) is 0.724. The molecule has 1 aromatic rings. The van der Waals surface area contributed by atoms with E-state index in [0.717, 1.165) is 7.11 Å². The molecule has 1 aliphatic heterocycles. The van der Waals surface area contributed by atoms with Crippen molar-refractivity contribution < 1.29 is 26.2 Å². The topological polar surface area (TPSA) is 89.3 Å². The van der Waals surface area contributed by atoms with E-state index in [1.165, 1.54) is 20.0 Å². The minimum absolute atomic E-state index is 0.0618. The first-order chi connectivity index (χ1) is 16.1. The van der Waals surface area contributed by atoms with Crippen molar-refractivity contribution >= 4 is 17.4 Å². The van der Waals surface area contributed by atoms with Crippen LogP contribution in [0.1, 0.15) is 49.6 Å². The zero-order valence-corrected chi connectivity index (χ0v) is 14.0. The number of rotatable bonds is 5. The number of nitrogens with one attached hydrogen (secondary N) is 2. The highest BCUT2D eigenvalue weighted by Gasteiger charge is 2.38. The molecule has 3 rings (SSSR count). The highest BCUT2D eigenvalue weighted by Crippen LogP contribution is 2.31. The summed E-state index contributed by atoms with van der Waals surface area (Å²) in [6, 6.07) is -7.10. The Labute approximate surface area is 163 Å². The van der Waals surface area contributed by atoms with Crippen LogP contribution in [0.5, 0.6) is 0 Å². The Bertz CT molecular complexity index is 1120. The van der Waals surface area contributed by atoms with Crippen LogP contribution in [0.3, 0.4) is 0 Å². The van der Waals surface area contributed by atoms with Crippen LogP contribution in [0.15, 0.2) is 6.20 Å². The second-order valence-electron chi connectivity index (χ2n) is 5.02. The third-order valence-electron chi connectivity index (χ3n) is 3.47. The minimum Gasteiger partial charge on any atom is -0.381 e. The van der Waals surface area contributed by atoms with Crippen molar-refractivity contribution in [3.05, 3.63) is 33.1 Å². The van der Waals surface area contributed by atoms with Crippen LogP contribution in [-0.2, 0) is 10.5 Å². The third-order valence-corrected chi connectivity index (χ3v) is 4.32. The van der Waals surface area contributed by atoms with Crippen LogP contribution in [0.25, 0.3) is 0 Å². The van der Waals surface area contributed by atoms with E-state index in [1.54, 1.807) is 0 Å². The number of hydrogen-bond acceptors (Lipinski definition) is 7. The summed E-state index contributed by atoms with van der Waals surface area (Å²) in [6.07, 6.45) is -13.2. The summed E-state index contributed by atoms with van der Waals surface area (Å²) in [5.74, 6) is -0.400. The molecule has 0 spiro atoms. The van der Waals surface area contributed by atoms with E-state index >= 15 is 0 Å². The average molecular weight is 365 g/mol. The third kappa shape index (κ3) is 3.56. The monoisotopic (exact) mass is 364 g/mol. The number of methoxy groups -OCH3 is 1. The summed E-state index contributed by atoms with van der Waals surface area (Å²) in [5, 5.41) is 11.1. The summed E-state index contributed by atoms with van der Waals surface area (Å²) < 4.78 is 107. The predicted octanol–water partition coefficient (Wildman–Crippen LogP) is 2.25. The van der Waals surface area contributed by atoms with Gasteiger partial charge in [-0.1, -0.05) is 0 Å². The van der Waals surface area contributed by atoms with E-state index in [4.69, 9.17) is 21.3 Å². The van der Waals surface area contributed by atoms with E-state index < -0.39 is 53.4 Å². The van der Waals surface area contributed by atoms with Crippen molar-refractivity contribution in [3.63, 3.8) is 0 Å². The van der Waals surface area contributed by atoms with Gasteiger partial charge in [-0.3, -0.25) is 25.7 Å². The number of fused-ring (bicyclic) bond motifs is 1. The van der Waals surface area contributed by atoms with E-state index in [2.05, 4.69) is 4.98 Å². The molecule has 4 unspecified atom stereocenters. The molecule has 2 heterocycles. The van der Waals surface area contributed by atoms with Gasteiger partial charge < -0.3 is 4.74 Å². The van der Waals surface area contributed by atoms with Crippen molar-refractivity contribution in [2.24, 2.45) is 0 Å². The van der Waals surface area contributed by atoms with E-state index in [1.807, 2.05) is 0 Å². The van der Waals surface area contributed by atoms with Crippen molar-refractivity contribution in [3.8, 4) is 0 Å². The largest absolute Gasteiger partial charge is 0.381 e. The molecule has 0 radical (unpaired) electrons. The van der Waals surface area contributed by atoms with Crippen molar-refractivity contribution in [2.45, 2.75) is 62.3 Å². The van der Waals surface area contributed by atoms with Gasteiger partial charge in [0.1, 0.15) is 8.30 Å². The highest BCUT2D eigenvalue weighted by molar-refractivity contribution is 7.99. The fourth-order valence-corrected chi connectivity index (χ4v) is 3.11. The molecule has 4 atom stereocenters. The molecule has 0 bridgehead atoms. The molecular weight excluding hydrogens is 328 g/mol. The Morgan fingerprint density at radius 1 is 1.54 bits per heavy atom. The summed E-state index contributed by atoms with van der Waals surface area (Å²) >= 11 is 0.329.